The molecule has 1 aromatic heterocycles. The highest BCUT2D eigenvalue weighted by molar-refractivity contribution is 5.91. The Morgan fingerprint density at radius 2 is 1.67 bits per heavy atom. The van der Waals surface area contributed by atoms with E-state index >= 15 is 0 Å². The standard InChI is InChI=1S/C14H16N2O2/c1-9-12(13(17)18-14(2,3)4)16-11-8-6-5-7-10(11)15-9/h5-8H,1-4H3. The van der Waals surface area contributed by atoms with Gasteiger partial charge in [0.15, 0.2) is 5.69 Å². The summed E-state index contributed by atoms with van der Waals surface area (Å²) in [6.45, 7) is 7.25. The highest BCUT2D eigenvalue weighted by Gasteiger charge is 2.21. The quantitative estimate of drug-likeness (QED) is 0.724. The summed E-state index contributed by atoms with van der Waals surface area (Å²) >= 11 is 0. The van der Waals surface area contributed by atoms with Crippen LogP contribution in [0, 0.1) is 6.92 Å². The zero-order chi connectivity index (χ0) is 13.3. The Kier molecular flexibility index (Phi) is 3.03. The second-order valence-electron chi connectivity index (χ2n) is 5.15. The monoisotopic (exact) mass is 244 g/mol. The van der Waals surface area contributed by atoms with Crippen LogP contribution in [-0.4, -0.2) is 21.5 Å². The first kappa shape index (κ1) is 12.5. The molecular weight excluding hydrogens is 228 g/mol. The molecule has 0 saturated heterocycles. The third-order valence-corrected chi connectivity index (χ3v) is 2.34. The summed E-state index contributed by atoms with van der Waals surface area (Å²) in [6.07, 6.45) is 0. The van der Waals surface area contributed by atoms with Crippen molar-refractivity contribution in [3.63, 3.8) is 0 Å². The maximum Gasteiger partial charge on any atom is 0.359 e. The molecule has 18 heavy (non-hydrogen) atoms. The molecule has 0 saturated carbocycles. The zero-order valence-electron chi connectivity index (χ0n) is 11.0. The van der Waals surface area contributed by atoms with Crippen molar-refractivity contribution in [3.8, 4) is 0 Å². The van der Waals surface area contributed by atoms with E-state index in [4.69, 9.17) is 4.74 Å². The number of rotatable bonds is 1. The molecule has 0 aliphatic carbocycles. The van der Waals surface area contributed by atoms with Crippen molar-refractivity contribution >= 4 is 17.0 Å². The van der Waals surface area contributed by atoms with Gasteiger partial charge in [0.25, 0.3) is 0 Å². The first-order valence-electron chi connectivity index (χ1n) is 5.83. The lowest BCUT2D eigenvalue weighted by Gasteiger charge is -2.19. The van der Waals surface area contributed by atoms with Crippen molar-refractivity contribution in [1.29, 1.82) is 0 Å². The Hall–Kier alpha value is -1.97. The Bertz CT molecular complexity index is 600. The lowest BCUT2D eigenvalue weighted by Crippen LogP contribution is -2.25. The van der Waals surface area contributed by atoms with E-state index in [0.29, 0.717) is 11.2 Å². The first-order chi connectivity index (χ1) is 8.37. The fraction of sp³-hybridized carbons (Fsp3) is 0.357. The molecule has 0 unspecified atom stereocenters. The van der Waals surface area contributed by atoms with Gasteiger partial charge in [-0.2, -0.15) is 0 Å². The van der Waals surface area contributed by atoms with Crippen LogP contribution in [-0.2, 0) is 4.74 Å². The van der Waals surface area contributed by atoms with Crippen LogP contribution in [0.1, 0.15) is 37.0 Å². The number of ether oxygens (including phenoxy) is 1. The van der Waals surface area contributed by atoms with Crippen LogP contribution in [0.3, 0.4) is 0 Å². The summed E-state index contributed by atoms with van der Waals surface area (Å²) in [6, 6.07) is 7.46. The lowest BCUT2D eigenvalue weighted by molar-refractivity contribution is 0.00619. The van der Waals surface area contributed by atoms with Crippen LogP contribution in [0.15, 0.2) is 24.3 Å². The molecule has 0 aliphatic heterocycles. The van der Waals surface area contributed by atoms with Crippen LogP contribution in [0.4, 0.5) is 0 Å². The number of para-hydroxylation sites is 2. The summed E-state index contributed by atoms with van der Waals surface area (Å²) < 4.78 is 5.31. The van der Waals surface area contributed by atoms with Gasteiger partial charge < -0.3 is 4.74 Å². The van der Waals surface area contributed by atoms with Crippen molar-refractivity contribution < 1.29 is 9.53 Å². The molecule has 1 heterocycles. The van der Waals surface area contributed by atoms with E-state index in [2.05, 4.69) is 9.97 Å². The van der Waals surface area contributed by atoms with Crippen LogP contribution < -0.4 is 0 Å². The number of carbonyl (C=O) groups excluding carboxylic acids is 1. The van der Waals surface area contributed by atoms with Gasteiger partial charge in [-0.15, -0.1) is 0 Å². The van der Waals surface area contributed by atoms with E-state index in [9.17, 15) is 4.79 Å². The lowest BCUT2D eigenvalue weighted by atomic mass is 10.2. The number of aromatic nitrogens is 2. The predicted octanol–water partition coefficient (Wildman–Crippen LogP) is 2.89. The first-order valence-corrected chi connectivity index (χ1v) is 5.83. The van der Waals surface area contributed by atoms with Gasteiger partial charge in [-0.05, 0) is 39.8 Å². The normalized spacial score (nSPS) is 11.6. The topological polar surface area (TPSA) is 52.1 Å². The summed E-state index contributed by atoms with van der Waals surface area (Å²) in [5, 5.41) is 0. The van der Waals surface area contributed by atoms with Gasteiger partial charge in [-0.1, -0.05) is 12.1 Å². The number of hydrogen-bond acceptors (Lipinski definition) is 4. The van der Waals surface area contributed by atoms with E-state index in [1.165, 1.54) is 0 Å². The molecule has 0 aliphatic rings. The molecule has 0 fully saturated rings. The highest BCUT2D eigenvalue weighted by atomic mass is 16.6. The summed E-state index contributed by atoms with van der Waals surface area (Å²) in [7, 11) is 0. The van der Waals surface area contributed by atoms with Crippen molar-refractivity contribution in [2.24, 2.45) is 0 Å². The molecule has 2 rings (SSSR count). The van der Waals surface area contributed by atoms with E-state index in [-0.39, 0.29) is 5.69 Å². The Morgan fingerprint density at radius 1 is 1.11 bits per heavy atom. The Labute approximate surface area is 106 Å². The summed E-state index contributed by atoms with van der Waals surface area (Å²) in [5.74, 6) is -0.432. The summed E-state index contributed by atoms with van der Waals surface area (Å²) in [4.78, 5) is 20.7. The minimum absolute atomic E-state index is 0.281. The van der Waals surface area contributed by atoms with Gasteiger partial charge in [0.05, 0.1) is 16.7 Å². The molecule has 4 heteroatoms. The number of aryl methyl sites for hydroxylation is 1. The van der Waals surface area contributed by atoms with Gasteiger partial charge in [-0.3, -0.25) is 0 Å². The molecule has 0 N–H and O–H groups in total. The van der Waals surface area contributed by atoms with Gasteiger partial charge in [0.2, 0.25) is 0 Å². The van der Waals surface area contributed by atoms with E-state index in [1.807, 2.05) is 45.0 Å². The minimum atomic E-state index is -0.531. The largest absolute Gasteiger partial charge is 0.455 e. The molecule has 1 aromatic carbocycles. The smallest absolute Gasteiger partial charge is 0.359 e. The number of carbonyl (C=O) groups is 1. The molecule has 94 valence electrons. The van der Waals surface area contributed by atoms with Crippen LogP contribution in [0.5, 0.6) is 0 Å². The maximum absolute atomic E-state index is 12.0. The fourth-order valence-electron chi connectivity index (χ4n) is 1.61. The molecule has 4 nitrogen and oxygen atoms in total. The Balaban J connectivity index is 2.45. The molecular formula is C14H16N2O2. The third kappa shape index (κ3) is 2.64. The molecule has 0 amide bonds. The minimum Gasteiger partial charge on any atom is -0.455 e. The Morgan fingerprint density at radius 3 is 2.22 bits per heavy atom. The predicted molar refractivity (Wildman–Crippen MR) is 69.4 cm³/mol. The number of nitrogens with zero attached hydrogens (tertiary/aromatic N) is 2. The third-order valence-electron chi connectivity index (χ3n) is 2.34. The number of esters is 1. The number of fused-ring (bicyclic) bond motifs is 1. The van der Waals surface area contributed by atoms with Gasteiger partial charge in [0.1, 0.15) is 5.60 Å². The molecule has 0 radical (unpaired) electrons. The fourth-order valence-corrected chi connectivity index (χ4v) is 1.61. The van der Waals surface area contributed by atoms with Crippen molar-refractivity contribution in [1.82, 2.24) is 9.97 Å². The van der Waals surface area contributed by atoms with Crippen LogP contribution >= 0.6 is 0 Å². The molecule has 2 aromatic rings. The SMILES string of the molecule is Cc1nc2ccccc2nc1C(=O)OC(C)(C)C. The van der Waals surface area contributed by atoms with Crippen LogP contribution in [0.2, 0.25) is 0 Å². The average molecular weight is 244 g/mol. The van der Waals surface area contributed by atoms with Gasteiger partial charge >= 0.3 is 5.97 Å². The average Bonchev–Trinajstić information content (AvgIpc) is 2.25. The second-order valence-corrected chi connectivity index (χ2v) is 5.15. The number of hydrogen-bond donors (Lipinski definition) is 0. The van der Waals surface area contributed by atoms with Crippen molar-refractivity contribution in [3.05, 3.63) is 35.7 Å². The summed E-state index contributed by atoms with van der Waals surface area (Å²) in [5.41, 5.74) is 1.81. The molecule has 0 bridgehead atoms. The van der Waals surface area contributed by atoms with E-state index in [0.717, 1.165) is 5.52 Å². The van der Waals surface area contributed by atoms with Gasteiger partial charge in [-0.25, -0.2) is 14.8 Å². The van der Waals surface area contributed by atoms with Crippen LogP contribution in [0.25, 0.3) is 11.0 Å². The number of benzene rings is 1. The van der Waals surface area contributed by atoms with E-state index in [1.54, 1.807) is 6.92 Å². The second kappa shape index (κ2) is 4.37. The van der Waals surface area contributed by atoms with Crippen molar-refractivity contribution in [2.45, 2.75) is 33.3 Å². The zero-order valence-corrected chi connectivity index (χ0v) is 11.0. The van der Waals surface area contributed by atoms with E-state index < -0.39 is 11.6 Å². The van der Waals surface area contributed by atoms with Crippen molar-refractivity contribution in [2.75, 3.05) is 0 Å². The van der Waals surface area contributed by atoms with Gasteiger partial charge in [0, 0.05) is 0 Å². The maximum atomic E-state index is 12.0. The molecule has 0 atom stereocenters. The molecule has 0 spiro atoms. The highest BCUT2D eigenvalue weighted by Crippen LogP contribution is 2.16.